The van der Waals surface area contributed by atoms with Gasteiger partial charge in [0.25, 0.3) is 11.8 Å². The van der Waals surface area contributed by atoms with Crippen molar-refractivity contribution in [1.82, 2.24) is 14.7 Å². The van der Waals surface area contributed by atoms with Crippen molar-refractivity contribution in [2.75, 3.05) is 45.4 Å². The van der Waals surface area contributed by atoms with Crippen molar-refractivity contribution in [3.8, 4) is 5.75 Å². The lowest BCUT2D eigenvalue weighted by atomic mass is 10.1. The molecule has 0 aliphatic carbocycles. The second kappa shape index (κ2) is 11.2. The molecule has 2 aromatic heterocycles. The third-order valence-corrected chi connectivity index (χ3v) is 4.95. The van der Waals surface area contributed by atoms with Gasteiger partial charge in [-0.3, -0.25) is 18.8 Å². The lowest BCUT2D eigenvalue weighted by Gasteiger charge is -2.12. The molecule has 0 atom stereocenters. The molecule has 0 saturated carbocycles. The van der Waals surface area contributed by atoms with Gasteiger partial charge in [0.2, 0.25) is 5.91 Å². The average Bonchev–Trinajstić information content (AvgIpc) is 3.37. The molecule has 0 bridgehead atoms. The summed E-state index contributed by atoms with van der Waals surface area (Å²) >= 11 is 1.43. The van der Waals surface area contributed by atoms with Crippen LogP contribution in [0.5, 0.6) is 5.75 Å². The molecule has 3 rings (SSSR count). The Bertz CT molecular complexity index is 1070. The molecule has 0 aliphatic heterocycles. The van der Waals surface area contributed by atoms with E-state index in [1.165, 1.54) is 24.5 Å². The Morgan fingerprint density at radius 3 is 2.72 bits per heavy atom. The van der Waals surface area contributed by atoms with Gasteiger partial charge in [0.05, 0.1) is 32.5 Å². The Balaban J connectivity index is 1.52. The number of carbonyl (C=O) groups is 3. The molecular weight excluding hydrogens is 438 g/mol. The van der Waals surface area contributed by atoms with Crippen LogP contribution >= 0.6 is 11.3 Å². The predicted octanol–water partition coefficient (Wildman–Crippen LogP) is 0.905. The number of ether oxygens (including phenoxy) is 3. The lowest BCUT2D eigenvalue weighted by Crippen LogP contribution is -2.28. The zero-order valence-electron chi connectivity index (χ0n) is 17.3. The van der Waals surface area contributed by atoms with Gasteiger partial charge < -0.3 is 30.6 Å². The fourth-order valence-corrected chi connectivity index (χ4v) is 3.42. The third kappa shape index (κ3) is 6.26. The molecule has 11 nitrogen and oxygen atoms in total. The van der Waals surface area contributed by atoms with Crippen molar-refractivity contribution in [2.45, 2.75) is 0 Å². The van der Waals surface area contributed by atoms with Crippen LogP contribution in [0.4, 0.5) is 5.69 Å². The maximum atomic E-state index is 12.6. The number of fused-ring (bicyclic) bond motifs is 1. The van der Waals surface area contributed by atoms with Crippen LogP contribution in [0.25, 0.3) is 4.96 Å². The van der Waals surface area contributed by atoms with Gasteiger partial charge in [-0.1, -0.05) is 0 Å². The number of thiazole rings is 1. The topological polar surface area (TPSA) is 146 Å². The number of hydrogen-bond acceptors (Lipinski definition) is 8. The molecule has 12 heteroatoms. The van der Waals surface area contributed by atoms with Crippen molar-refractivity contribution in [3.05, 3.63) is 47.2 Å². The standard InChI is InChI=1S/C20H23N5O6S/c1-29-16-3-2-13(23-19(28)15-11-25-5-9-32-20(25)24-15)10-14(16)18(27)22-4-6-30-7-8-31-12-17(21)26/h2-3,5,9-11H,4,6-8,12H2,1H3,(H2,21,26)(H,22,27)(H,23,28). The van der Waals surface area contributed by atoms with Gasteiger partial charge >= 0.3 is 0 Å². The maximum Gasteiger partial charge on any atom is 0.275 e. The first-order valence-corrected chi connectivity index (χ1v) is 10.5. The Labute approximate surface area is 187 Å². The summed E-state index contributed by atoms with van der Waals surface area (Å²) < 4.78 is 17.3. The molecule has 3 aromatic rings. The van der Waals surface area contributed by atoms with Gasteiger partial charge in [-0.15, -0.1) is 11.3 Å². The Hall–Kier alpha value is -3.48. The SMILES string of the molecule is COc1ccc(NC(=O)c2cn3ccsc3n2)cc1C(=O)NCCOCCOCC(N)=O. The van der Waals surface area contributed by atoms with Crippen LogP contribution in [-0.4, -0.2) is 67.2 Å². The number of methoxy groups -OCH3 is 1. The smallest absolute Gasteiger partial charge is 0.275 e. The first-order chi connectivity index (χ1) is 15.5. The number of imidazole rings is 1. The average molecular weight is 462 g/mol. The summed E-state index contributed by atoms with van der Waals surface area (Å²) in [7, 11) is 1.46. The second-order valence-corrected chi connectivity index (χ2v) is 7.35. The van der Waals surface area contributed by atoms with Crippen molar-refractivity contribution in [1.29, 1.82) is 0 Å². The van der Waals surface area contributed by atoms with Gasteiger partial charge in [-0.25, -0.2) is 4.98 Å². The zero-order valence-corrected chi connectivity index (χ0v) is 18.1. The number of anilines is 1. The number of rotatable bonds is 12. The maximum absolute atomic E-state index is 12.6. The van der Waals surface area contributed by atoms with E-state index in [1.54, 1.807) is 22.7 Å². The molecule has 0 radical (unpaired) electrons. The summed E-state index contributed by atoms with van der Waals surface area (Å²) in [5.41, 5.74) is 5.93. The fourth-order valence-electron chi connectivity index (χ4n) is 2.72. The highest BCUT2D eigenvalue weighted by Gasteiger charge is 2.16. The van der Waals surface area contributed by atoms with Gasteiger partial charge in [-0.2, -0.15) is 0 Å². The number of nitrogens with zero attached hydrogens (tertiary/aromatic N) is 2. The zero-order chi connectivity index (χ0) is 22.9. The first-order valence-electron chi connectivity index (χ1n) is 9.61. The van der Waals surface area contributed by atoms with E-state index in [2.05, 4.69) is 15.6 Å². The number of primary amides is 1. The summed E-state index contributed by atoms with van der Waals surface area (Å²) in [6.07, 6.45) is 3.45. The highest BCUT2D eigenvalue weighted by molar-refractivity contribution is 7.15. The van der Waals surface area contributed by atoms with Gasteiger partial charge in [-0.05, 0) is 18.2 Å². The number of nitrogens with one attached hydrogen (secondary N) is 2. The Kier molecular flexibility index (Phi) is 8.14. The van der Waals surface area contributed by atoms with Crippen molar-refractivity contribution < 1.29 is 28.6 Å². The summed E-state index contributed by atoms with van der Waals surface area (Å²) in [6.45, 7) is 0.828. The molecule has 0 aliphatic rings. The quantitative estimate of drug-likeness (QED) is 0.340. The number of aromatic nitrogens is 2. The molecule has 0 spiro atoms. The Morgan fingerprint density at radius 2 is 1.97 bits per heavy atom. The molecule has 2 heterocycles. The van der Waals surface area contributed by atoms with Gasteiger partial charge in [0.1, 0.15) is 18.1 Å². The first kappa shape index (κ1) is 23.2. The number of hydrogen-bond donors (Lipinski definition) is 3. The molecule has 1 aromatic carbocycles. The summed E-state index contributed by atoms with van der Waals surface area (Å²) in [5.74, 6) is -0.948. The van der Waals surface area contributed by atoms with Crippen LogP contribution < -0.4 is 21.1 Å². The summed E-state index contributed by atoms with van der Waals surface area (Å²) in [6, 6.07) is 4.77. The molecular formula is C20H23N5O6S. The van der Waals surface area contributed by atoms with E-state index in [1.807, 2.05) is 11.6 Å². The van der Waals surface area contributed by atoms with Gasteiger partial charge in [0, 0.05) is 30.0 Å². The van der Waals surface area contributed by atoms with E-state index < -0.39 is 5.91 Å². The number of amides is 3. The molecule has 32 heavy (non-hydrogen) atoms. The minimum atomic E-state index is -0.547. The van der Waals surface area contributed by atoms with Crippen LogP contribution in [0.3, 0.4) is 0 Å². The van der Waals surface area contributed by atoms with Crippen LogP contribution in [0.2, 0.25) is 0 Å². The number of carbonyl (C=O) groups excluding carboxylic acids is 3. The summed E-state index contributed by atoms with van der Waals surface area (Å²) in [4.78, 5) is 40.6. The van der Waals surface area contributed by atoms with Crippen LogP contribution in [-0.2, 0) is 14.3 Å². The van der Waals surface area contributed by atoms with E-state index in [9.17, 15) is 14.4 Å². The van der Waals surface area contributed by atoms with Gasteiger partial charge in [0.15, 0.2) is 4.96 Å². The fraction of sp³-hybridized carbons (Fsp3) is 0.300. The van der Waals surface area contributed by atoms with Crippen molar-refractivity contribution >= 4 is 39.7 Å². The monoisotopic (exact) mass is 461 g/mol. The normalized spacial score (nSPS) is 10.8. The molecule has 4 N–H and O–H groups in total. The van der Waals surface area contributed by atoms with Crippen LogP contribution in [0.1, 0.15) is 20.8 Å². The highest BCUT2D eigenvalue weighted by atomic mass is 32.1. The number of nitrogens with two attached hydrogens (primary N) is 1. The number of benzene rings is 1. The lowest BCUT2D eigenvalue weighted by molar-refractivity contribution is -0.123. The van der Waals surface area contributed by atoms with Crippen molar-refractivity contribution in [2.24, 2.45) is 5.73 Å². The Morgan fingerprint density at radius 1 is 1.16 bits per heavy atom. The van der Waals surface area contributed by atoms with E-state index in [0.717, 1.165) is 0 Å². The second-order valence-electron chi connectivity index (χ2n) is 6.48. The largest absolute Gasteiger partial charge is 0.496 e. The van der Waals surface area contributed by atoms with E-state index >= 15 is 0 Å². The summed E-state index contributed by atoms with van der Waals surface area (Å²) in [5, 5.41) is 7.34. The molecule has 0 saturated heterocycles. The van der Waals surface area contributed by atoms with Crippen molar-refractivity contribution in [3.63, 3.8) is 0 Å². The highest BCUT2D eigenvalue weighted by Crippen LogP contribution is 2.23. The molecule has 3 amide bonds. The van der Waals surface area contributed by atoms with Crippen LogP contribution in [0.15, 0.2) is 36.0 Å². The van der Waals surface area contributed by atoms with E-state index in [4.69, 9.17) is 19.9 Å². The molecule has 170 valence electrons. The molecule has 0 unspecified atom stereocenters. The van der Waals surface area contributed by atoms with E-state index in [-0.39, 0.29) is 56.0 Å². The van der Waals surface area contributed by atoms with Crippen LogP contribution in [0, 0.1) is 0 Å². The third-order valence-electron chi connectivity index (χ3n) is 4.18. The minimum absolute atomic E-state index is 0.161. The minimum Gasteiger partial charge on any atom is -0.496 e. The predicted molar refractivity (Wildman–Crippen MR) is 117 cm³/mol. The molecule has 0 fully saturated rings. The van der Waals surface area contributed by atoms with E-state index in [0.29, 0.717) is 16.4 Å².